The number of hydrogen-bond acceptors (Lipinski definition) is 4. The average Bonchev–Trinajstić information content (AvgIpc) is 2.90. The molecule has 1 N–H and O–H groups in total. The van der Waals surface area contributed by atoms with Crippen LogP contribution in [0.3, 0.4) is 0 Å². The van der Waals surface area contributed by atoms with Crippen molar-refractivity contribution in [3.8, 4) is 0 Å². The quantitative estimate of drug-likeness (QED) is 0.887. The Hall–Kier alpha value is -1.72. The smallest absolute Gasteiger partial charge is 0.257 e. The molecule has 0 unspecified atom stereocenters. The van der Waals surface area contributed by atoms with Crippen molar-refractivity contribution in [2.45, 2.75) is 27.3 Å². The van der Waals surface area contributed by atoms with Crippen molar-refractivity contribution in [1.82, 2.24) is 9.88 Å². The summed E-state index contributed by atoms with van der Waals surface area (Å²) in [5, 5.41) is 3.46. The number of aryl methyl sites for hydroxylation is 1. The Balaban J connectivity index is 1.99. The van der Waals surface area contributed by atoms with Gasteiger partial charge in [0.05, 0.1) is 0 Å². The molecule has 0 aliphatic rings. The van der Waals surface area contributed by atoms with Crippen molar-refractivity contribution in [1.29, 1.82) is 0 Å². The third-order valence-electron chi connectivity index (χ3n) is 3.36. The third kappa shape index (κ3) is 4.37. The number of thiazole rings is 1. The summed E-state index contributed by atoms with van der Waals surface area (Å²) in [6, 6.07) is 7.77. The van der Waals surface area contributed by atoms with Crippen LogP contribution >= 0.6 is 11.3 Å². The minimum atomic E-state index is -0.112. The van der Waals surface area contributed by atoms with Gasteiger partial charge in [0, 0.05) is 23.2 Å². The first-order chi connectivity index (χ1) is 10.1. The summed E-state index contributed by atoms with van der Waals surface area (Å²) in [5.41, 5.74) is 1.88. The van der Waals surface area contributed by atoms with E-state index < -0.39 is 0 Å². The molecule has 1 aromatic carbocycles. The first-order valence-electron chi connectivity index (χ1n) is 7.17. The second-order valence-corrected chi connectivity index (χ2v) is 6.12. The van der Waals surface area contributed by atoms with Gasteiger partial charge in [-0.1, -0.05) is 26.0 Å². The van der Waals surface area contributed by atoms with Crippen LogP contribution in [-0.2, 0) is 6.54 Å². The number of nitrogens with zero attached hydrogens (tertiary/aromatic N) is 2. The first kappa shape index (κ1) is 15.7. The van der Waals surface area contributed by atoms with Crippen LogP contribution < -0.4 is 5.32 Å². The van der Waals surface area contributed by atoms with E-state index in [1.807, 2.05) is 31.2 Å². The van der Waals surface area contributed by atoms with Gasteiger partial charge in [-0.05, 0) is 37.7 Å². The highest BCUT2D eigenvalue weighted by Gasteiger charge is 2.08. The van der Waals surface area contributed by atoms with E-state index >= 15 is 0 Å². The van der Waals surface area contributed by atoms with Gasteiger partial charge >= 0.3 is 0 Å². The topological polar surface area (TPSA) is 45.2 Å². The molecule has 0 radical (unpaired) electrons. The number of hydrogen-bond donors (Lipinski definition) is 1. The molecule has 0 bridgehead atoms. The summed E-state index contributed by atoms with van der Waals surface area (Å²) < 4.78 is 0. The van der Waals surface area contributed by atoms with Crippen molar-refractivity contribution >= 4 is 22.4 Å². The minimum Gasteiger partial charge on any atom is -0.300 e. The summed E-state index contributed by atoms with van der Waals surface area (Å²) in [5.74, 6) is -0.112. The summed E-state index contributed by atoms with van der Waals surface area (Å²) in [4.78, 5) is 19.7. The van der Waals surface area contributed by atoms with Gasteiger partial charge in [0.2, 0.25) is 0 Å². The zero-order chi connectivity index (χ0) is 15.2. The Morgan fingerprint density at radius 3 is 2.43 bits per heavy atom. The summed E-state index contributed by atoms with van der Waals surface area (Å²) in [6.45, 7) is 9.25. The fourth-order valence-corrected chi connectivity index (χ4v) is 2.71. The highest BCUT2D eigenvalue weighted by atomic mass is 32.1. The van der Waals surface area contributed by atoms with Crippen LogP contribution in [0.2, 0.25) is 0 Å². The number of rotatable bonds is 6. The van der Waals surface area contributed by atoms with Gasteiger partial charge in [-0.2, -0.15) is 0 Å². The number of carbonyl (C=O) groups excluding carboxylic acids is 1. The fraction of sp³-hybridized carbons (Fsp3) is 0.375. The summed E-state index contributed by atoms with van der Waals surface area (Å²) in [6.07, 6.45) is 1.76. The van der Waals surface area contributed by atoms with Gasteiger partial charge in [-0.25, -0.2) is 4.98 Å². The van der Waals surface area contributed by atoms with Gasteiger partial charge in [-0.15, -0.1) is 11.3 Å². The Labute approximate surface area is 129 Å². The first-order valence-corrected chi connectivity index (χ1v) is 7.99. The maximum atomic E-state index is 12.1. The highest BCUT2D eigenvalue weighted by molar-refractivity contribution is 7.15. The Bertz CT molecular complexity index is 588. The average molecular weight is 303 g/mol. The SMILES string of the molecule is CCN(CC)Cc1ccc(C(=O)Nc2ncc(C)s2)cc1. The molecule has 0 spiro atoms. The molecule has 2 rings (SSSR count). The summed E-state index contributed by atoms with van der Waals surface area (Å²) >= 11 is 1.48. The molecule has 1 amide bonds. The van der Waals surface area contributed by atoms with Crippen molar-refractivity contribution in [3.05, 3.63) is 46.5 Å². The third-order valence-corrected chi connectivity index (χ3v) is 4.19. The van der Waals surface area contributed by atoms with Crippen LogP contribution in [0.25, 0.3) is 0 Å². The molecular weight excluding hydrogens is 282 g/mol. The molecule has 1 aromatic heterocycles. The molecule has 4 nitrogen and oxygen atoms in total. The zero-order valence-electron chi connectivity index (χ0n) is 12.7. The van der Waals surface area contributed by atoms with E-state index in [-0.39, 0.29) is 5.91 Å². The Morgan fingerprint density at radius 2 is 1.90 bits per heavy atom. The van der Waals surface area contributed by atoms with Crippen LogP contribution in [0.15, 0.2) is 30.5 Å². The van der Waals surface area contributed by atoms with Gasteiger partial charge in [-0.3, -0.25) is 15.0 Å². The molecular formula is C16H21N3OS. The molecule has 5 heteroatoms. The Morgan fingerprint density at radius 1 is 1.24 bits per heavy atom. The van der Waals surface area contributed by atoms with E-state index in [4.69, 9.17) is 0 Å². The molecule has 0 fully saturated rings. The molecule has 0 aliphatic heterocycles. The fourth-order valence-electron chi connectivity index (χ4n) is 2.05. The molecule has 0 aliphatic carbocycles. The highest BCUT2D eigenvalue weighted by Crippen LogP contribution is 2.17. The predicted octanol–water partition coefficient (Wildman–Crippen LogP) is 3.55. The number of anilines is 1. The van der Waals surface area contributed by atoms with E-state index in [9.17, 15) is 4.79 Å². The lowest BCUT2D eigenvalue weighted by molar-refractivity contribution is 0.102. The number of aromatic nitrogens is 1. The van der Waals surface area contributed by atoms with Crippen molar-refractivity contribution in [2.24, 2.45) is 0 Å². The summed E-state index contributed by atoms with van der Waals surface area (Å²) in [7, 11) is 0. The van der Waals surface area contributed by atoms with E-state index in [0.29, 0.717) is 10.7 Å². The van der Waals surface area contributed by atoms with Crippen molar-refractivity contribution in [2.75, 3.05) is 18.4 Å². The Kier molecular flexibility index (Phi) is 5.47. The molecule has 0 saturated heterocycles. The van der Waals surface area contributed by atoms with E-state index in [0.717, 1.165) is 24.5 Å². The van der Waals surface area contributed by atoms with Crippen LogP contribution in [0.4, 0.5) is 5.13 Å². The number of nitrogens with one attached hydrogen (secondary N) is 1. The maximum absolute atomic E-state index is 12.1. The maximum Gasteiger partial charge on any atom is 0.257 e. The molecule has 0 atom stereocenters. The van der Waals surface area contributed by atoms with Crippen LogP contribution in [0, 0.1) is 6.92 Å². The molecule has 1 heterocycles. The van der Waals surface area contributed by atoms with E-state index in [1.165, 1.54) is 16.9 Å². The standard InChI is InChI=1S/C16H21N3OS/c1-4-19(5-2)11-13-6-8-14(9-7-13)15(20)18-16-17-10-12(3)21-16/h6-10H,4-5,11H2,1-3H3,(H,17,18,20). The lowest BCUT2D eigenvalue weighted by Crippen LogP contribution is -2.22. The normalized spacial score (nSPS) is 10.9. The van der Waals surface area contributed by atoms with Gasteiger partial charge < -0.3 is 0 Å². The lowest BCUT2D eigenvalue weighted by Gasteiger charge is -2.17. The van der Waals surface area contributed by atoms with E-state index in [2.05, 4.69) is 29.0 Å². The van der Waals surface area contributed by atoms with Crippen molar-refractivity contribution in [3.63, 3.8) is 0 Å². The van der Waals surface area contributed by atoms with Crippen LogP contribution in [0.5, 0.6) is 0 Å². The number of amides is 1. The van der Waals surface area contributed by atoms with E-state index in [1.54, 1.807) is 6.20 Å². The lowest BCUT2D eigenvalue weighted by atomic mass is 10.1. The second kappa shape index (κ2) is 7.33. The second-order valence-electron chi connectivity index (χ2n) is 4.89. The van der Waals surface area contributed by atoms with Gasteiger partial charge in [0.25, 0.3) is 5.91 Å². The molecule has 21 heavy (non-hydrogen) atoms. The zero-order valence-corrected chi connectivity index (χ0v) is 13.5. The molecule has 112 valence electrons. The molecule has 0 saturated carbocycles. The van der Waals surface area contributed by atoms with Gasteiger partial charge in [0.15, 0.2) is 5.13 Å². The van der Waals surface area contributed by atoms with Crippen molar-refractivity contribution < 1.29 is 4.79 Å². The van der Waals surface area contributed by atoms with Crippen LogP contribution in [0.1, 0.15) is 34.6 Å². The number of benzene rings is 1. The largest absolute Gasteiger partial charge is 0.300 e. The van der Waals surface area contributed by atoms with Crippen LogP contribution in [-0.4, -0.2) is 28.9 Å². The molecule has 2 aromatic rings. The minimum absolute atomic E-state index is 0.112. The predicted molar refractivity (Wildman–Crippen MR) is 87.9 cm³/mol. The monoisotopic (exact) mass is 303 g/mol. The van der Waals surface area contributed by atoms with Gasteiger partial charge in [0.1, 0.15) is 0 Å². The number of carbonyl (C=O) groups is 1.